The van der Waals surface area contributed by atoms with Gasteiger partial charge in [0.25, 0.3) is 0 Å². The molecule has 0 saturated heterocycles. The van der Waals surface area contributed by atoms with Crippen LogP contribution in [0.15, 0.2) is 0 Å². The molecule has 0 spiro atoms. The van der Waals surface area contributed by atoms with Gasteiger partial charge in [0.2, 0.25) is 0 Å². The second-order valence-electron chi connectivity index (χ2n) is 0. The van der Waals surface area contributed by atoms with E-state index in [1.165, 1.54) is 0 Å². The maximum absolute atomic E-state index is 8.33. The zero-order valence-electron chi connectivity index (χ0n) is 2.26. The van der Waals surface area contributed by atoms with Crippen LogP contribution in [0.2, 0.25) is 0 Å². The Morgan fingerprint density at radius 1 is 1.25 bits per heavy atom. The fraction of sp³-hybridized carbons (Fsp3) is 0. The average molecular weight is 466 g/mol. The van der Waals surface area contributed by atoms with E-state index in [0.717, 1.165) is 0 Å². The van der Waals surface area contributed by atoms with Crippen LogP contribution in [0.25, 0.3) is 0 Å². The van der Waals surface area contributed by atoms with Gasteiger partial charge in [0.05, 0.1) is 0 Å². The molecular formula is ORbTaW. The largest absolute Gasteiger partial charge is 0 e. The predicted molar refractivity (Wildman–Crippen MR) is 6.44 cm³/mol. The Balaban J connectivity index is -0.00000000500. The fourth-order valence-corrected chi connectivity index (χ4v) is 0. The molecule has 0 unspecified atom stereocenters. The van der Waals surface area contributed by atoms with Crippen molar-refractivity contribution in [3.63, 3.8) is 0 Å². The maximum Gasteiger partial charge on any atom is 0 e. The minimum Gasteiger partial charge on any atom is 0 e. The molecule has 0 aromatic carbocycles. The van der Waals surface area contributed by atoms with Crippen molar-refractivity contribution in [1.82, 2.24) is 0 Å². The van der Waals surface area contributed by atoms with E-state index in [4.69, 9.17) is 3.40 Å². The van der Waals surface area contributed by atoms with Gasteiger partial charge in [-0.25, -0.2) is 0 Å². The average Bonchev–Trinajstić information content (AvgIpc) is 1.00. The van der Waals surface area contributed by atoms with Gasteiger partial charge in [-0.1, -0.05) is 0 Å². The minimum atomic E-state index is 0. The summed E-state index contributed by atoms with van der Waals surface area (Å²) in [5.74, 6) is 0. The number of hydrogen-bond acceptors (Lipinski definition) is 1. The van der Waals surface area contributed by atoms with Gasteiger partial charge in [-0.2, -0.15) is 0 Å². The van der Waals surface area contributed by atoms with Crippen LogP contribution >= 0.6 is 0 Å². The Bertz CT molecular complexity index is 8.00. The van der Waals surface area contributed by atoms with Crippen molar-refractivity contribution in [3.8, 4) is 0 Å². The third kappa shape index (κ3) is 8.90. The molecular weight excluding hydrogens is 466 g/mol. The Labute approximate surface area is 101 Å². The predicted octanol–water partition coefficient (Wildman–Crippen LogP) is -0.505. The Morgan fingerprint density at radius 3 is 1.25 bits per heavy atom. The van der Waals surface area contributed by atoms with Crippen LogP contribution < -0.4 is 0 Å². The van der Waals surface area contributed by atoms with Crippen LogP contribution in [0.3, 0.4) is 0 Å². The third-order valence-electron chi connectivity index (χ3n) is 0. The molecule has 0 aliphatic rings. The SMILES string of the molecule is [O]=[W].[Rb].[Ta]. The van der Waals surface area contributed by atoms with E-state index in [9.17, 15) is 0 Å². The topological polar surface area (TPSA) is 17.1 Å². The Hall–Kier alpha value is 3.03. The van der Waals surface area contributed by atoms with Crippen molar-refractivity contribution in [1.29, 1.82) is 0 Å². The molecule has 18 valence electrons. The summed E-state index contributed by atoms with van der Waals surface area (Å²) in [6, 6.07) is 0. The first kappa shape index (κ1) is 15.7. The molecule has 0 saturated carbocycles. The van der Waals surface area contributed by atoms with E-state index in [1.54, 1.807) is 0 Å². The molecule has 0 atom stereocenters. The smallest absolute Gasteiger partial charge is 0 e. The molecule has 0 aliphatic carbocycles. The van der Waals surface area contributed by atoms with Gasteiger partial charge in [-0.3, -0.25) is 0 Å². The first-order valence-electron chi connectivity index (χ1n) is 0.167. The molecule has 4 heteroatoms. The van der Waals surface area contributed by atoms with Crippen LogP contribution in [0, 0.1) is 0 Å². The van der Waals surface area contributed by atoms with Gasteiger partial charge < -0.3 is 0 Å². The van der Waals surface area contributed by atoms with E-state index in [2.05, 4.69) is 0 Å². The third-order valence-corrected chi connectivity index (χ3v) is 0. The van der Waals surface area contributed by atoms with Crippen molar-refractivity contribution in [2.24, 2.45) is 0 Å². The van der Waals surface area contributed by atoms with E-state index >= 15 is 0 Å². The summed E-state index contributed by atoms with van der Waals surface area (Å²) in [6.07, 6.45) is 0. The van der Waals surface area contributed by atoms with Gasteiger partial charge in [-0.05, 0) is 0 Å². The monoisotopic (exact) mass is 466 g/mol. The summed E-state index contributed by atoms with van der Waals surface area (Å²) in [5.41, 5.74) is 0. The summed E-state index contributed by atoms with van der Waals surface area (Å²) < 4.78 is 8.33. The van der Waals surface area contributed by atoms with Gasteiger partial charge >= 0.3 is 23.2 Å². The first-order chi connectivity index (χ1) is 1.00. The second kappa shape index (κ2) is 16.6. The van der Waals surface area contributed by atoms with Crippen LogP contribution in [-0.2, 0) is 45.6 Å². The van der Waals surface area contributed by atoms with Crippen molar-refractivity contribution >= 4 is 58.2 Å². The van der Waals surface area contributed by atoms with Crippen LogP contribution in [-0.4, -0.2) is 58.2 Å². The van der Waals surface area contributed by atoms with Crippen LogP contribution in [0.5, 0.6) is 0 Å². The molecule has 0 bridgehead atoms. The molecule has 0 rings (SSSR count). The first-order valence-corrected chi connectivity index (χ1v) is 1.36. The quantitative estimate of drug-likeness (QED) is 0.471. The molecule has 0 aliphatic heterocycles. The van der Waals surface area contributed by atoms with Gasteiger partial charge in [0, 0.05) is 80.6 Å². The van der Waals surface area contributed by atoms with Crippen molar-refractivity contribution in [2.75, 3.05) is 0 Å². The van der Waals surface area contributed by atoms with Crippen molar-refractivity contribution < 1.29 is 45.6 Å². The van der Waals surface area contributed by atoms with E-state index < -0.39 is 0 Å². The van der Waals surface area contributed by atoms with Crippen LogP contribution in [0.1, 0.15) is 0 Å². The molecule has 0 heterocycles. The van der Waals surface area contributed by atoms with Gasteiger partial charge in [-0.15, -0.1) is 0 Å². The Morgan fingerprint density at radius 2 is 1.25 bits per heavy atom. The zero-order valence-corrected chi connectivity index (χ0v) is 13.3. The normalized spacial score (nSPS) is 1.00. The summed E-state index contributed by atoms with van der Waals surface area (Å²) in [6.45, 7) is 0. The van der Waals surface area contributed by atoms with Gasteiger partial charge in [0.1, 0.15) is 0 Å². The van der Waals surface area contributed by atoms with Crippen LogP contribution in [0.4, 0.5) is 0 Å². The molecule has 0 aromatic rings. The molecule has 4 heavy (non-hydrogen) atoms. The molecule has 0 aromatic heterocycles. The summed E-state index contributed by atoms with van der Waals surface area (Å²) in [4.78, 5) is 0. The fourth-order valence-electron chi connectivity index (χ4n) is 0. The maximum atomic E-state index is 8.33. The second-order valence-corrected chi connectivity index (χ2v) is 0. The summed E-state index contributed by atoms with van der Waals surface area (Å²) in [7, 11) is 0. The number of rotatable bonds is 0. The molecule has 1 nitrogen and oxygen atoms in total. The molecule has 2 radical (unpaired) electrons. The van der Waals surface area contributed by atoms with Crippen molar-refractivity contribution in [2.45, 2.75) is 0 Å². The minimum absolute atomic E-state index is 0. The molecule has 0 fully saturated rings. The molecule has 0 N–H and O–H groups in total. The summed E-state index contributed by atoms with van der Waals surface area (Å²) in [5, 5.41) is 0. The summed E-state index contributed by atoms with van der Waals surface area (Å²) >= 11 is 0.333. The van der Waals surface area contributed by atoms with Gasteiger partial charge in [0.15, 0.2) is 0 Å². The van der Waals surface area contributed by atoms with E-state index in [1.807, 2.05) is 0 Å². The standard InChI is InChI=1S/O.Rb.Ta.W. The van der Waals surface area contributed by atoms with E-state index in [-0.39, 0.29) is 80.6 Å². The Kier molecular flexibility index (Phi) is 65.4. The zero-order chi connectivity index (χ0) is 2.00. The number of hydrogen-bond donors (Lipinski definition) is 0. The molecule has 0 amide bonds. The van der Waals surface area contributed by atoms with Crippen molar-refractivity contribution in [3.05, 3.63) is 0 Å². The van der Waals surface area contributed by atoms with E-state index in [0.29, 0.717) is 19.8 Å².